The first-order chi connectivity index (χ1) is 5.68. The van der Waals surface area contributed by atoms with Crippen LogP contribution in [0.5, 0.6) is 0 Å². The van der Waals surface area contributed by atoms with Crippen LogP contribution in [0.2, 0.25) is 0 Å². The summed E-state index contributed by atoms with van der Waals surface area (Å²) in [5.74, 6) is -0.874. The van der Waals surface area contributed by atoms with Crippen molar-refractivity contribution < 1.29 is 15.0 Å². The molecule has 0 rings (SSSR count). The molecular formula is C9H14O3. The van der Waals surface area contributed by atoms with Gasteiger partial charge in [0.05, 0.1) is 6.61 Å². The average Bonchev–Trinajstić information content (AvgIpc) is 2.03. The second-order valence-corrected chi connectivity index (χ2v) is 2.42. The Morgan fingerprint density at radius 3 is 2.50 bits per heavy atom. The van der Waals surface area contributed by atoms with Crippen LogP contribution >= 0.6 is 0 Å². The van der Waals surface area contributed by atoms with Crippen LogP contribution in [-0.4, -0.2) is 22.8 Å². The number of allylic oxidation sites excluding steroid dienone is 2. The highest BCUT2D eigenvalue weighted by Crippen LogP contribution is 1.99. The SMILES string of the molecule is C/C(=C\CC/C=C/CO)C(=O)O. The third kappa shape index (κ3) is 5.68. The van der Waals surface area contributed by atoms with Crippen LogP contribution in [-0.2, 0) is 4.79 Å². The maximum absolute atomic E-state index is 10.3. The van der Waals surface area contributed by atoms with Crippen molar-refractivity contribution in [2.24, 2.45) is 0 Å². The Morgan fingerprint density at radius 2 is 2.00 bits per heavy atom. The summed E-state index contributed by atoms with van der Waals surface area (Å²) in [5, 5.41) is 16.8. The van der Waals surface area contributed by atoms with Crippen molar-refractivity contribution in [3.63, 3.8) is 0 Å². The molecule has 0 bridgehead atoms. The molecule has 0 fully saturated rings. The number of aliphatic hydroxyl groups is 1. The van der Waals surface area contributed by atoms with Gasteiger partial charge in [-0.3, -0.25) is 0 Å². The summed E-state index contributed by atoms with van der Waals surface area (Å²) in [4.78, 5) is 10.3. The standard InChI is InChI=1S/C9H14O3/c1-8(9(11)12)6-4-2-3-5-7-10/h3,5-6,10H,2,4,7H2,1H3,(H,11,12)/b5-3+,8-6+. The van der Waals surface area contributed by atoms with Gasteiger partial charge in [0.2, 0.25) is 0 Å². The Labute approximate surface area is 72.0 Å². The Bertz CT molecular complexity index is 192. The topological polar surface area (TPSA) is 57.5 Å². The van der Waals surface area contributed by atoms with Gasteiger partial charge in [-0.2, -0.15) is 0 Å². The van der Waals surface area contributed by atoms with E-state index in [4.69, 9.17) is 10.2 Å². The average molecular weight is 170 g/mol. The molecule has 12 heavy (non-hydrogen) atoms. The van der Waals surface area contributed by atoms with E-state index in [2.05, 4.69) is 0 Å². The van der Waals surface area contributed by atoms with Crippen molar-refractivity contribution in [2.75, 3.05) is 6.61 Å². The fourth-order valence-electron chi connectivity index (χ4n) is 0.676. The molecule has 0 aliphatic rings. The molecule has 0 aromatic carbocycles. The van der Waals surface area contributed by atoms with E-state index in [9.17, 15) is 4.79 Å². The van der Waals surface area contributed by atoms with Crippen molar-refractivity contribution in [1.29, 1.82) is 0 Å². The molecule has 0 radical (unpaired) electrons. The molecule has 0 heterocycles. The highest BCUT2D eigenvalue weighted by molar-refractivity contribution is 5.85. The first-order valence-electron chi connectivity index (χ1n) is 3.84. The van der Waals surface area contributed by atoms with Crippen LogP contribution < -0.4 is 0 Å². The molecular weight excluding hydrogens is 156 g/mol. The van der Waals surface area contributed by atoms with Crippen molar-refractivity contribution >= 4 is 5.97 Å². The van der Waals surface area contributed by atoms with Gasteiger partial charge in [-0.15, -0.1) is 0 Å². The molecule has 3 heteroatoms. The monoisotopic (exact) mass is 170 g/mol. The lowest BCUT2D eigenvalue weighted by Crippen LogP contribution is -1.95. The fourth-order valence-corrected chi connectivity index (χ4v) is 0.676. The van der Waals surface area contributed by atoms with Crippen LogP contribution in [0, 0.1) is 0 Å². The van der Waals surface area contributed by atoms with E-state index < -0.39 is 5.97 Å². The van der Waals surface area contributed by atoms with Crippen LogP contribution in [0.3, 0.4) is 0 Å². The van der Waals surface area contributed by atoms with E-state index in [-0.39, 0.29) is 6.61 Å². The zero-order valence-corrected chi connectivity index (χ0v) is 7.16. The smallest absolute Gasteiger partial charge is 0.330 e. The van der Waals surface area contributed by atoms with E-state index in [1.165, 1.54) is 0 Å². The minimum atomic E-state index is -0.874. The van der Waals surface area contributed by atoms with Crippen molar-refractivity contribution in [3.05, 3.63) is 23.8 Å². The first-order valence-corrected chi connectivity index (χ1v) is 3.84. The lowest BCUT2D eigenvalue weighted by atomic mass is 10.2. The lowest BCUT2D eigenvalue weighted by Gasteiger charge is -1.91. The normalized spacial score (nSPS) is 12.3. The molecule has 68 valence electrons. The fraction of sp³-hybridized carbons (Fsp3) is 0.444. The van der Waals surface area contributed by atoms with E-state index in [0.29, 0.717) is 12.0 Å². The van der Waals surface area contributed by atoms with Crippen molar-refractivity contribution in [1.82, 2.24) is 0 Å². The molecule has 0 aliphatic carbocycles. The van der Waals surface area contributed by atoms with Gasteiger partial charge in [0.25, 0.3) is 0 Å². The lowest BCUT2D eigenvalue weighted by molar-refractivity contribution is -0.132. The van der Waals surface area contributed by atoms with Crippen LogP contribution in [0.25, 0.3) is 0 Å². The van der Waals surface area contributed by atoms with Gasteiger partial charge in [0.15, 0.2) is 0 Å². The quantitative estimate of drug-likeness (QED) is 0.372. The van der Waals surface area contributed by atoms with Gasteiger partial charge in [0.1, 0.15) is 0 Å². The summed E-state index contributed by atoms with van der Waals surface area (Å²) in [6.07, 6.45) is 6.61. The maximum Gasteiger partial charge on any atom is 0.330 e. The van der Waals surface area contributed by atoms with Crippen LogP contribution in [0.15, 0.2) is 23.8 Å². The maximum atomic E-state index is 10.3. The summed E-state index contributed by atoms with van der Waals surface area (Å²) in [7, 11) is 0. The number of hydrogen-bond donors (Lipinski definition) is 2. The molecule has 0 spiro atoms. The van der Waals surface area contributed by atoms with Crippen molar-refractivity contribution in [3.8, 4) is 0 Å². The van der Waals surface area contributed by atoms with E-state index in [0.717, 1.165) is 6.42 Å². The zero-order valence-electron chi connectivity index (χ0n) is 7.16. The first kappa shape index (κ1) is 10.9. The number of aliphatic hydroxyl groups excluding tert-OH is 1. The minimum absolute atomic E-state index is 0.0433. The predicted molar refractivity (Wildman–Crippen MR) is 46.9 cm³/mol. The van der Waals surface area contributed by atoms with Crippen LogP contribution in [0.1, 0.15) is 19.8 Å². The molecule has 3 nitrogen and oxygen atoms in total. The van der Waals surface area contributed by atoms with E-state index >= 15 is 0 Å². The van der Waals surface area contributed by atoms with Gasteiger partial charge in [-0.1, -0.05) is 18.2 Å². The summed E-state index contributed by atoms with van der Waals surface area (Å²) in [5.41, 5.74) is 0.368. The summed E-state index contributed by atoms with van der Waals surface area (Å²) >= 11 is 0. The highest BCUT2D eigenvalue weighted by atomic mass is 16.4. The van der Waals surface area contributed by atoms with Gasteiger partial charge < -0.3 is 10.2 Å². The molecule has 0 aliphatic heterocycles. The summed E-state index contributed by atoms with van der Waals surface area (Å²) < 4.78 is 0. The van der Waals surface area contributed by atoms with Gasteiger partial charge in [-0.25, -0.2) is 4.79 Å². The molecule has 0 saturated heterocycles. The Kier molecular flexibility index (Phi) is 6.01. The summed E-state index contributed by atoms with van der Waals surface area (Å²) in [6.45, 7) is 1.61. The molecule has 0 saturated carbocycles. The zero-order chi connectivity index (χ0) is 9.40. The van der Waals surface area contributed by atoms with Gasteiger partial charge in [-0.05, 0) is 19.8 Å². The predicted octanol–water partition coefficient (Wildman–Crippen LogP) is 1.35. The van der Waals surface area contributed by atoms with Gasteiger partial charge in [0, 0.05) is 5.57 Å². The van der Waals surface area contributed by atoms with E-state index in [1.807, 2.05) is 6.08 Å². The molecule has 0 atom stereocenters. The van der Waals surface area contributed by atoms with Crippen molar-refractivity contribution in [2.45, 2.75) is 19.8 Å². The third-order valence-corrected chi connectivity index (χ3v) is 1.39. The molecule has 0 aromatic rings. The van der Waals surface area contributed by atoms with E-state index in [1.54, 1.807) is 19.1 Å². The highest BCUT2D eigenvalue weighted by Gasteiger charge is 1.96. The number of carboxylic acid groups (broad SMARTS) is 1. The second-order valence-electron chi connectivity index (χ2n) is 2.42. The largest absolute Gasteiger partial charge is 0.478 e. The van der Waals surface area contributed by atoms with Gasteiger partial charge >= 0.3 is 5.97 Å². The number of carbonyl (C=O) groups is 1. The Morgan fingerprint density at radius 1 is 1.33 bits per heavy atom. The molecule has 2 N–H and O–H groups in total. The molecule has 0 amide bonds. The number of rotatable bonds is 5. The number of aliphatic carboxylic acids is 1. The third-order valence-electron chi connectivity index (χ3n) is 1.39. The minimum Gasteiger partial charge on any atom is -0.478 e. The Hall–Kier alpha value is -1.09. The number of unbranched alkanes of at least 4 members (excludes halogenated alkanes) is 1. The molecule has 0 unspecified atom stereocenters. The van der Waals surface area contributed by atoms with Crippen LogP contribution in [0.4, 0.5) is 0 Å². The number of carboxylic acids is 1. The Balaban J connectivity index is 3.60. The number of hydrogen-bond acceptors (Lipinski definition) is 2. The molecule has 0 aromatic heterocycles. The second kappa shape index (κ2) is 6.61. The summed E-state index contributed by atoms with van der Waals surface area (Å²) in [6, 6.07) is 0.